The molecule has 3 aromatic carbocycles. The van der Waals surface area contributed by atoms with Crippen LogP contribution in [-0.2, 0) is 0 Å². The van der Waals surface area contributed by atoms with E-state index in [1.807, 2.05) is 66.7 Å². The molecule has 1 atom stereocenters. The first-order valence-corrected chi connectivity index (χ1v) is 11.2. The Hall–Kier alpha value is -4.90. The maximum atomic E-state index is 10.2. The largest absolute Gasteiger partial charge is 0.493 e. The molecule has 0 amide bonds. The van der Waals surface area contributed by atoms with Crippen LogP contribution in [0.15, 0.2) is 84.3 Å². The first-order valence-electron chi connectivity index (χ1n) is 11.2. The second-order valence-electron chi connectivity index (χ2n) is 8.03. The number of allylic oxidation sites excluding steroid dienone is 1. The number of para-hydroxylation sites is 1. The Balaban J connectivity index is 1.86. The summed E-state index contributed by atoms with van der Waals surface area (Å²) in [7, 11) is 4.64. The summed E-state index contributed by atoms with van der Waals surface area (Å²) >= 11 is 0. The number of ether oxygens (including phenoxy) is 4. The van der Waals surface area contributed by atoms with E-state index in [-0.39, 0.29) is 11.5 Å². The molecule has 0 aliphatic carbocycles. The molecule has 1 aromatic heterocycles. The van der Waals surface area contributed by atoms with E-state index in [9.17, 15) is 5.26 Å². The van der Waals surface area contributed by atoms with Crippen LogP contribution in [0.5, 0.6) is 23.1 Å². The van der Waals surface area contributed by atoms with Crippen LogP contribution in [-0.4, -0.2) is 31.1 Å². The van der Waals surface area contributed by atoms with Crippen molar-refractivity contribution in [1.29, 1.82) is 5.26 Å². The van der Waals surface area contributed by atoms with Gasteiger partial charge in [0, 0.05) is 11.1 Å². The van der Waals surface area contributed by atoms with Crippen molar-refractivity contribution >= 4 is 0 Å². The Morgan fingerprint density at radius 3 is 2.17 bits per heavy atom. The molecule has 1 aliphatic heterocycles. The average molecular weight is 481 g/mol. The SMILES string of the molecule is COc1ccc([C@H]2C(C#N)=C(N)Oc3c2c(-c2ccccc2)nn3-c2ccccc2)c(OC)c1OC. The molecule has 2 heterocycles. The Morgan fingerprint density at radius 1 is 0.889 bits per heavy atom. The van der Waals surface area contributed by atoms with Crippen LogP contribution >= 0.6 is 0 Å². The third-order valence-electron chi connectivity index (χ3n) is 6.14. The summed E-state index contributed by atoms with van der Waals surface area (Å²) in [5.74, 6) is 1.15. The van der Waals surface area contributed by atoms with Crippen LogP contribution in [0.1, 0.15) is 17.0 Å². The highest BCUT2D eigenvalue weighted by Crippen LogP contribution is 2.52. The van der Waals surface area contributed by atoms with Gasteiger partial charge in [-0.15, -0.1) is 0 Å². The van der Waals surface area contributed by atoms with Gasteiger partial charge in [0.2, 0.25) is 17.5 Å². The van der Waals surface area contributed by atoms with E-state index in [0.717, 1.165) is 11.3 Å². The van der Waals surface area contributed by atoms with Crippen LogP contribution in [0.25, 0.3) is 16.9 Å². The number of fused-ring (bicyclic) bond motifs is 1. The highest BCUT2D eigenvalue weighted by Gasteiger charge is 2.40. The third kappa shape index (κ3) is 3.58. The van der Waals surface area contributed by atoms with E-state index in [1.165, 1.54) is 7.11 Å². The molecule has 8 nitrogen and oxygen atoms in total. The lowest BCUT2D eigenvalue weighted by Gasteiger charge is -2.27. The molecule has 0 radical (unpaired) electrons. The van der Waals surface area contributed by atoms with Crippen molar-refractivity contribution in [3.8, 4) is 46.1 Å². The zero-order valence-corrected chi connectivity index (χ0v) is 20.1. The van der Waals surface area contributed by atoms with Crippen molar-refractivity contribution in [2.75, 3.05) is 21.3 Å². The quantitative estimate of drug-likeness (QED) is 0.423. The topological polar surface area (TPSA) is 105 Å². The number of nitrogens with zero attached hydrogens (tertiary/aromatic N) is 3. The van der Waals surface area contributed by atoms with E-state index in [4.69, 9.17) is 29.8 Å². The molecular formula is C28H24N4O4. The van der Waals surface area contributed by atoms with Crippen molar-refractivity contribution in [2.24, 2.45) is 5.73 Å². The van der Waals surface area contributed by atoms with Gasteiger partial charge in [-0.25, -0.2) is 0 Å². The lowest BCUT2D eigenvalue weighted by atomic mass is 9.82. The molecule has 8 heteroatoms. The molecule has 2 N–H and O–H groups in total. The molecule has 0 fully saturated rings. The molecule has 36 heavy (non-hydrogen) atoms. The Morgan fingerprint density at radius 2 is 1.56 bits per heavy atom. The minimum absolute atomic E-state index is 0.00327. The minimum atomic E-state index is -0.638. The highest BCUT2D eigenvalue weighted by molar-refractivity contribution is 5.74. The maximum Gasteiger partial charge on any atom is 0.229 e. The fourth-order valence-electron chi connectivity index (χ4n) is 4.55. The fourth-order valence-corrected chi connectivity index (χ4v) is 4.55. The zero-order valence-electron chi connectivity index (χ0n) is 20.1. The van der Waals surface area contributed by atoms with Gasteiger partial charge >= 0.3 is 0 Å². The Kier molecular flexibility index (Phi) is 5.97. The molecule has 0 bridgehead atoms. The monoisotopic (exact) mass is 480 g/mol. The highest BCUT2D eigenvalue weighted by atomic mass is 16.5. The summed E-state index contributed by atoms with van der Waals surface area (Å²) < 4.78 is 24.7. The van der Waals surface area contributed by atoms with Gasteiger partial charge < -0.3 is 24.7 Å². The van der Waals surface area contributed by atoms with Gasteiger partial charge in [0.25, 0.3) is 0 Å². The van der Waals surface area contributed by atoms with Crippen LogP contribution in [0.3, 0.4) is 0 Å². The van der Waals surface area contributed by atoms with Crippen LogP contribution in [0.4, 0.5) is 0 Å². The number of hydrogen-bond donors (Lipinski definition) is 1. The maximum absolute atomic E-state index is 10.2. The van der Waals surface area contributed by atoms with Crippen molar-refractivity contribution in [1.82, 2.24) is 9.78 Å². The van der Waals surface area contributed by atoms with Gasteiger partial charge in [0.05, 0.1) is 38.5 Å². The molecular weight excluding hydrogens is 456 g/mol. The number of nitriles is 1. The van der Waals surface area contributed by atoms with Gasteiger partial charge in [-0.1, -0.05) is 54.6 Å². The predicted octanol–water partition coefficient (Wildman–Crippen LogP) is 4.78. The van der Waals surface area contributed by atoms with E-state index >= 15 is 0 Å². The number of methoxy groups -OCH3 is 3. The molecule has 4 aromatic rings. The number of benzene rings is 3. The van der Waals surface area contributed by atoms with E-state index < -0.39 is 5.92 Å². The fraction of sp³-hybridized carbons (Fsp3) is 0.143. The zero-order chi connectivity index (χ0) is 25.2. The number of nitrogens with two attached hydrogens (primary N) is 1. The summed E-state index contributed by atoms with van der Waals surface area (Å²) in [6, 6.07) is 25.3. The van der Waals surface area contributed by atoms with Crippen LogP contribution < -0.4 is 24.7 Å². The Bertz CT molecular complexity index is 1490. The van der Waals surface area contributed by atoms with Crippen LogP contribution in [0, 0.1) is 11.3 Å². The molecule has 5 rings (SSSR count). The lowest BCUT2D eigenvalue weighted by molar-refractivity contribution is 0.320. The van der Waals surface area contributed by atoms with E-state index in [2.05, 4.69) is 6.07 Å². The third-order valence-corrected chi connectivity index (χ3v) is 6.14. The second kappa shape index (κ2) is 9.39. The first-order chi connectivity index (χ1) is 17.6. The van der Waals surface area contributed by atoms with E-state index in [1.54, 1.807) is 25.0 Å². The van der Waals surface area contributed by atoms with Crippen molar-refractivity contribution < 1.29 is 18.9 Å². The van der Waals surface area contributed by atoms with Gasteiger partial charge in [-0.05, 0) is 18.2 Å². The normalized spacial score (nSPS) is 14.4. The van der Waals surface area contributed by atoms with Gasteiger partial charge in [0.15, 0.2) is 11.5 Å². The molecule has 180 valence electrons. The number of aromatic nitrogens is 2. The Labute approximate surface area is 208 Å². The number of hydrogen-bond acceptors (Lipinski definition) is 7. The summed E-state index contributed by atoms with van der Waals surface area (Å²) in [6.45, 7) is 0. The van der Waals surface area contributed by atoms with E-state index in [0.29, 0.717) is 39.9 Å². The summed E-state index contributed by atoms with van der Waals surface area (Å²) in [6.07, 6.45) is 0. The van der Waals surface area contributed by atoms with Crippen LogP contribution in [0.2, 0.25) is 0 Å². The molecule has 0 saturated heterocycles. The van der Waals surface area contributed by atoms with Crippen molar-refractivity contribution in [3.63, 3.8) is 0 Å². The van der Waals surface area contributed by atoms with Crippen molar-refractivity contribution in [2.45, 2.75) is 5.92 Å². The minimum Gasteiger partial charge on any atom is -0.493 e. The second-order valence-corrected chi connectivity index (χ2v) is 8.03. The van der Waals surface area contributed by atoms with Crippen molar-refractivity contribution in [3.05, 3.63) is 95.4 Å². The van der Waals surface area contributed by atoms with Gasteiger partial charge in [-0.3, -0.25) is 0 Å². The summed E-state index contributed by atoms with van der Waals surface area (Å²) in [4.78, 5) is 0. The van der Waals surface area contributed by atoms with Gasteiger partial charge in [0.1, 0.15) is 17.3 Å². The predicted molar refractivity (Wildman–Crippen MR) is 134 cm³/mol. The average Bonchev–Trinajstić information content (AvgIpc) is 3.31. The lowest BCUT2D eigenvalue weighted by Crippen LogP contribution is -2.22. The first kappa shape index (κ1) is 22.9. The smallest absolute Gasteiger partial charge is 0.229 e. The molecule has 1 aliphatic rings. The number of rotatable bonds is 6. The molecule has 0 spiro atoms. The van der Waals surface area contributed by atoms with Gasteiger partial charge in [-0.2, -0.15) is 15.0 Å². The summed E-state index contributed by atoms with van der Waals surface area (Å²) in [5.41, 5.74) is 10.3. The standard InChI is InChI=1S/C28H24N4O4/c1-33-21-15-14-19(25(34-2)26(21)35-3)22-20(16-29)27(30)36-28-23(22)24(17-10-6-4-7-11-17)31-32(28)18-12-8-5-9-13-18/h4-15,22H,30H2,1-3H3/t22-/m0/s1. The molecule has 0 saturated carbocycles. The summed E-state index contributed by atoms with van der Waals surface area (Å²) in [5, 5.41) is 15.1. The molecule has 0 unspecified atom stereocenters.